The van der Waals surface area contributed by atoms with Crippen LogP contribution in [-0.4, -0.2) is 29.5 Å². The molecule has 1 aromatic heterocycles. The third-order valence-corrected chi connectivity index (χ3v) is 3.53. The van der Waals surface area contributed by atoms with Gasteiger partial charge in [0.05, 0.1) is 12.2 Å². The molecule has 1 N–H and O–H groups in total. The van der Waals surface area contributed by atoms with Crippen LogP contribution in [0.1, 0.15) is 50.6 Å². The average molecular weight is 251 g/mol. The maximum absolute atomic E-state index is 5.30. The molecule has 0 aromatic carbocycles. The highest BCUT2D eigenvalue weighted by atomic mass is 16.5. The molecule has 0 amide bonds. The Hall–Kier alpha value is -0.870. The monoisotopic (exact) mass is 251 g/mol. The molecule has 1 aromatic rings. The summed E-state index contributed by atoms with van der Waals surface area (Å²) in [5.41, 5.74) is 1.29. The minimum Gasteiger partial charge on any atom is -0.382 e. The van der Waals surface area contributed by atoms with Crippen LogP contribution in [0.2, 0.25) is 0 Å². The van der Waals surface area contributed by atoms with Gasteiger partial charge >= 0.3 is 0 Å². The molecule has 2 rings (SSSR count). The van der Waals surface area contributed by atoms with Crippen molar-refractivity contribution >= 4 is 0 Å². The van der Waals surface area contributed by atoms with E-state index in [0.29, 0.717) is 6.04 Å². The Morgan fingerprint density at radius 2 is 2.28 bits per heavy atom. The summed E-state index contributed by atoms with van der Waals surface area (Å²) in [6.45, 7) is 5.62. The molecule has 1 aliphatic rings. The Balaban J connectivity index is 1.64. The van der Waals surface area contributed by atoms with E-state index in [4.69, 9.17) is 4.74 Å². The molecule has 0 saturated heterocycles. The summed E-state index contributed by atoms with van der Waals surface area (Å²) in [7, 11) is 0. The van der Waals surface area contributed by atoms with Crippen LogP contribution in [-0.2, 0) is 11.3 Å². The Labute approximate surface area is 110 Å². The predicted molar refractivity (Wildman–Crippen MR) is 72.5 cm³/mol. The van der Waals surface area contributed by atoms with Crippen molar-refractivity contribution < 1.29 is 4.74 Å². The second-order valence-corrected chi connectivity index (χ2v) is 4.99. The van der Waals surface area contributed by atoms with Crippen molar-refractivity contribution in [1.29, 1.82) is 0 Å². The minimum atomic E-state index is 0.650. The van der Waals surface area contributed by atoms with Crippen molar-refractivity contribution in [3.05, 3.63) is 18.0 Å². The molecule has 0 unspecified atom stereocenters. The van der Waals surface area contributed by atoms with Gasteiger partial charge in [-0.15, -0.1) is 0 Å². The van der Waals surface area contributed by atoms with Gasteiger partial charge in [0.25, 0.3) is 0 Å². The zero-order valence-corrected chi connectivity index (χ0v) is 11.4. The number of hydrogen-bond acceptors (Lipinski definition) is 3. The van der Waals surface area contributed by atoms with E-state index in [2.05, 4.69) is 21.3 Å². The predicted octanol–water partition coefficient (Wildman–Crippen LogP) is 2.51. The molecule has 102 valence electrons. The number of rotatable bonds is 8. The lowest BCUT2D eigenvalue weighted by atomic mass is 10.2. The zero-order valence-electron chi connectivity index (χ0n) is 11.4. The molecule has 1 saturated carbocycles. The lowest BCUT2D eigenvalue weighted by Gasteiger charge is -2.08. The van der Waals surface area contributed by atoms with Crippen LogP contribution in [0.15, 0.2) is 12.4 Å². The van der Waals surface area contributed by atoms with Crippen LogP contribution < -0.4 is 5.32 Å². The Bertz CT molecular complexity index is 332. The first-order chi connectivity index (χ1) is 8.90. The second-order valence-electron chi connectivity index (χ2n) is 4.99. The van der Waals surface area contributed by atoms with Gasteiger partial charge in [-0.3, -0.25) is 4.68 Å². The topological polar surface area (TPSA) is 39.1 Å². The molecular weight excluding hydrogens is 226 g/mol. The van der Waals surface area contributed by atoms with Crippen LogP contribution >= 0.6 is 0 Å². The van der Waals surface area contributed by atoms with E-state index in [9.17, 15) is 0 Å². The normalized spacial score (nSPS) is 16.5. The maximum Gasteiger partial charge on any atom is 0.0534 e. The minimum absolute atomic E-state index is 0.650. The fraction of sp³-hybridized carbons (Fsp3) is 0.786. The van der Waals surface area contributed by atoms with E-state index >= 15 is 0 Å². The molecule has 0 aliphatic heterocycles. The molecule has 0 radical (unpaired) electrons. The lowest BCUT2D eigenvalue weighted by molar-refractivity contribution is 0.144. The number of nitrogens with zero attached hydrogens (tertiary/aromatic N) is 2. The van der Waals surface area contributed by atoms with Crippen LogP contribution in [0.5, 0.6) is 0 Å². The molecule has 18 heavy (non-hydrogen) atoms. The second kappa shape index (κ2) is 7.54. The van der Waals surface area contributed by atoms with Gasteiger partial charge in [0.1, 0.15) is 0 Å². The molecule has 0 atom stereocenters. The summed E-state index contributed by atoms with van der Waals surface area (Å²) in [6.07, 6.45) is 10.6. The highest BCUT2D eigenvalue weighted by molar-refractivity contribution is 5.04. The van der Waals surface area contributed by atoms with Crippen molar-refractivity contribution in [2.75, 3.05) is 19.8 Å². The first-order valence-electron chi connectivity index (χ1n) is 7.21. The first-order valence-corrected chi connectivity index (χ1v) is 7.21. The average Bonchev–Trinajstić information content (AvgIpc) is 3.03. The van der Waals surface area contributed by atoms with Gasteiger partial charge in [0.2, 0.25) is 0 Å². The number of aromatic nitrogens is 2. The van der Waals surface area contributed by atoms with E-state index in [1.54, 1.807) is 0 Å². The van der Waals surface area contributed by atoms with Crippen molar-refractivity contribution in [2.45, 2.75) is 51.6 Å². The Morgan fingerprint density at radius 1 is 1.44 bits per heavy atom. The molecule has 4 nitrogen and oxygen atoms in total. The Morgan fingerprint density at radius 3 is 3.06 bits per heavy atom. The van der Waals surface area contributed by atoms with Crippen LogP contribution in [0.3, 0.4) is 0 Å². The summed E-state index contributed by atoms with van der Waals surface area (Å²) >= 11 is 0. The van der Waals surface area contributed by atoms with Gasteiger partial charge in [-0.2, -0.15) is 5.10 Å². The molecule has 1 aliphatic carbocycles. The van der Waals surface area contributed by atoms with Gasteiger partial charge in [-0.05, 0) is 32.7 Å². The summed E-state index contributed by atoms with van der Waals surface area (Å²) in [4.78, 5) is 0. The SMILES string of the molecule is CCOCCCNCc1cnn(C2CCCC2)c1. The number of ether oxygens (including phenoxy) is 1. The highest BCUT2D eigenvalue weighted by Crippen LogP contribution is 2.28. The van der Waals surface area contributed by atoms with Gasteiger partial charge in [0, 0.05) is 31.5 Å². The van der Waals surface area contributed by atoms with E-state index < -0.39 is 0 Å². The van der Waals surface area contributed by atoms with E-state index in [-0.39, 0.29) is 0 Å². The van der Waals surface area contributed by atoms with Crippen LogP contribution in [0.25, 0.3) is 0 Å². The van der Waals surface area contributed by atoms with Crippen molar-refractivity contribution in [3.8, 4) is 0 Å². The van der Waals surface area contributed by atoms with Crippen molar-refractivity contribution in [1.82, 2.24) is 15.1 Å². The summed E-state index contributed by atoms with van der Waals surface area (Å²) in [5.74, 6) is 0. The fourth-order valence-electron chi connectivity index (χ4n) is 2.51. The third-order valence-electron chi connectivity index (χ3n) is 3.53. The number of hydrogen-bond donors (Lipinski definition) is 1. The summed E-state index contributed by atoms with van der Waals surface area (Å²) in [5, 5.41) is 7.91. The van der Waals surface area contributed by atoms with Gasteiger partial charge in [-0.25, -0.2) is 0 Å². The van der Waals surface area contributed by atoms with Crippen LogP contribution in [0, 0.1) is 0 Å². The van der Waals surface area contributed by atoms with Crippen molar-refractivity contribution in [2.24, 2.45) is 0 Å². The van der Waals surface area contributed by atoms with E-state index in [1.165, 1.54) is 31.2 Å². The molecule has 4 heteroatoms. The zero-order chi connectivity index (χ0) is 12.6. The van der Waals surface area contributed by atoms with Gasteiger partial charge in [-0.1, -0.05) is 12.8 Å². The molecule has 1 fully saturated rings. The Kier molecular flexibility index (Phi) is 5.68. The molecule has 0 spiro atoms. The van der Waals surface area contributed by atoms with Gasteiger partial charge < -0.3 is 10.1 Å². The van der Waals surface area contributed by atoms with E-state index in [1.807, 2.05) is 13.1 Å². The lowest BCUT2D eigenvalue weighted by Crippen LogP contribution is -2.16. The standard InChI is InChI=1S/C14H25N3O/c1-2-18-9-5-8-15-10-13-11-16-17(12-13)14-6-3-4-7-14/h11-12,14-15H,2-10H2,1H3. The summed E-state index contributed by atoms with van der Waals surface area (Å²) < 4.78 is 7.46. The summed E-state index contributed by atoms with van der Waals surface area (Å²) in [6, 6.07) is 0.650. The van der Waals surface area contributed by atoms with Gasteiger partial charge in [0.15, 0.2) is 0 Å². The fourth-order valence-corrected chi connectivity index (χ4v) is 2.51. The molecule has 1 heterocycles. The highest BCUT2D eigenvalue weighted by Gasteiger charge is 2.17. The third kappa shape index (κ3) is 4.10. The quantitative estimate of drug-likeness (QED) is 0.722. The van der Waals surface area contributed by atoms with Crippen molar-refractivity contribution in [3.63, 3.8) is 0 Å². The van der Waals surface area contributed by atoms with E-state index in [0.717, 1.165) is 32.7 Å². The maximum atomic E-state index is 5.30. The molecule has 0 bridgehead atoms. The first kappa shape index (κ1) is 13.6. The largest absolute Gasteiger partial charge is 0.382 e. The smallest absolute Gasteiger partial charge is 0.0534 e. The number of nitrogens with one attached hydrogen (secondary N) is 1. The van der Waals surface area contributed by atoms with Crippen LogP contribution in [0.4, 0.5) is 0 Å². The molecular formula is C14H25N3O.